The lowest BCUT2D eigenvalue weighted by Gasteiger charge is -2.17. The Morgan fingerprint density at radius 1 is 0.594 bits per heavy atom. The zero-order valence-corrected chi connectivity index (χ0v) is 22.6. The second-order valence-corrected chi connectivity index (χ2v) is 10.5. The standard InChI is InChI=1S/C30H58N2/c1-5-8-11-13-14-15-16-17-19-22-25-29(24-21-18-12-9-6-2)30-31-26-27-32(30)28(4)23-20-10-7-3/h26-29H,5-25H2,1-4H3/p+1. The smallest absolute Gasteiger partial charge is 0.247 e. The molecule has 0 saturated carbocycles. The molecule has 0 aliphatic rings. The SMILES string of the molecule is CCCCCCCCCCCCC(CCCCCCC)c1[nH]cc[n+]1C(C)CCCCC. The molecule has 1 rings (SSSR count). The number of hydrogen-bond donors (Lipinski definition) is 1. The lowest BCUT2D eigenvalue weighted by atomic mass is 9.93. The van der Waals surface area contributed by atoms with E-state index in [0.717, 1.165) is 0 Å². The van der Waals surface area contributed by atoms with Crippen molar-refractivity contribution in [1.29, 1.82) is 0 Å². The average molecular weight is 448 g/mol. The number of aromatic nitrogens is 2. The van der Waals surface area contributed by atoms with Crippen molar-refractivity contribution < 1.29 is 4.57 Å². The van der Waals surface area contributed by atoms with Crippen LogP contribution in [0.15, 0.2) is 12.4 Å². The number of rotatable bonds is 23. The van der Waals surface area contributed by atoms with Crippen LogP contribution in [0.2, 0.25) is 0 Å². The van der Waals surface area contributed by atoms with Crippen LogP contribution in [-0.2, 0) is 0 Å². The highest BCUT2D eigenvalue weighted by molar-refractivity contribution is 4.90. The predicted octanol–water partition coefficient (Wildman–Crippen LogP) is 10.2. The molecule has 2 nitrogen and oxygen atoms in total. The maximum atomic E-state index is 3.68. The number of hydrogen-bond acceptors (Lipinski definition) is 0. The Balaban J connectivity index is 2.45. The van der Waals surface area contributed by atoms with Gasteiger partial charge in [-0.3, -0.25) is 0 Å². The normalized spacial score (nSPS) is 13.5. The van der Waals surface area contributed by atoms with Crippen LogP contribution in [0.5, 0.6) is 0 Å². The van der Waals surface area contributed by atoms with Crippen LogP contribution in [0.25, 0.3) is 0 Å². The number of nitrogens with zero attached hydrogens (tertiary/aromatic N) is 1. The first-order valence-corrected chi connectivity index (χ1v) is 14.8. The summed E-state index contributed by atoms with van der Waals surface area (Å²) in [6, 6.07) is 0.623. The summed E-state index contributed by atoms with van der Waals surface area (Å²) in [5, 5.41) is 0. The highest BCUT2D eigenvalue weighted by atomic mass is 15.1. The Hall–Kier alpha value is -0.790. The highest BCUT2D eigenvalue weighted by Crippen LogP contribution is 2.27. The Kier molecular flexibility index (Phi) is 19.0. The molecule has 0 bridgehead atoms. The third kappa shape index (κ3) is 13.7. The van der Waals surface area contributed by atoms with Crippen molar-refractivity contribution in [3.8, 4) is 0 Å². The first-order valence-electron chi connectivity index (χ1n) is 14.8. The van der Waals surface area contributed by atoms with Gasteiger partial charge in [0.15, 0.2) is 0 Å². The third-order valence-electron chi connectivity index (χ3n) is 7.39. The molecule has 0 spiro atoms. The van der Waals surface area contributed by atoms with Crippen LogP contribution < -0.4 is 4.57 Å². The number of imidazole rings is 1. The average Bonchev–Trinajstić information content (AvgIpc) is 3.29. The second-order valence-electron chi connectivity index (χ2n) is 10.5. The van der Waals surface area contributed by atoms with E-state index in [-0.39, 0.29) is 0 Å². The van der Waals surface area contributed by atoms with E-state index >= 15 is 0 Å². The summed E-state index contributed by atoms with van der Waals surface area (Å²) >= 11 is 0. The minimum Gasteiger partial charge on any atom is -0.247 e. The molecule has 1 N–H and O–H groups in total. The first-order chi connectivity index (χ1) is 15.7. The van der Waals surface area contributed by atoms with Gasteiger partial charge < -0.3 is 0 Å². The van der Waals surface area contributed by atoms with Crippen molar-refractivity contribution in [3.63, 3.8) is 0 Å². The van der Waals surface area contributed by atoms with Crippen LogP contribution >= 0.6 is 0 Å². The molecule has 0 radical (unpaired) electrons. The molecule has 32 heavy (non-hydrogen) atoms. The highest BCUT2D eigenvalue weighted by Gasteiger charge is 2.25. The Labute approximate surface area is 202 Å². The predicted molar refractivity (Wildman–Crippen MR) is 142 cm³/mol. The van der Waals surface area contributed by atoms with Gasteiger partial charge in [-0.15, -0.1) is 0 Å². The van der Waals surface area contributed by atoms with Crippen LogP contribution in [-0.4, -0.2) is 4.98 Å². The van der Waals surface area contributed by atoms with Crippen LogP contribution in [0.4, 0.5) is 0 Å². The summed E-state index contributed by atoms with van der Waals surface area (Å²) in [6.45, 7) is 9.35. The van der Waals surface area contributed by atoms with E-state index in [1.54, 1.807) is 0 Å². The van der Waals surface area contributed by atoms with Gasteiger partial charge in [-0.1, -0.05) is 130 Å². The molecule has 1 aromatic heterocycles. The summed E-state index contributed by atoms with van der Waals surface area (Å²) in [5.41, 5.74) is 0. The second kappa shape index (κ2) is 20.8. The van der Waals surface area contributed by atoms with Gasteiger partial charge in [0, 0.05) is 0 Å². The number of unbranched alkanes of at least 4 members (excludes halogenated alkanes) is 15. The van der Waals surface area contributed by atoms with Crippen LogP contribution in [0.3, 0.4) is 0 Å². The van der Waals surface area contributed by atoms with E-state index in [9.17, 15) is 0 Å². The van der Waals surface area contributed by atoms with E-state index in [4.69, 9.17) is 0 Å². The van der Waals surface area contributed by atoms with Crippen molar-refractivity contribution in [2.75, 3.05) is 0 Å². The summed E-state index contributed by atoms with van der Waals surface area (Å²) in [5.74, 6) is 2.23. The number of H-pyrrole nitrogens is 1. The minimum atomic E-state index is 0.623. The van der Waals surface area contributed by atoms with Crippen molar-refractivity contribution >= 4 is 0 Å². The van der Waals surface area contributed by atoms with E-state index in [2.05, 4.69) is 49.6 Å². The minimum absolute atomic E-state index is 0.623. The Bertz CT molecular complexity index is 507. The van der Waals surface area contributed by atoms with Gasteiger partial charge in [0.2, 0.25) is 0 Å². The summed E-state index contributed by atoms with van der Waals surface area (Å²) in [4.78, 5) is 3.68. The molecule has 0 aromatic carbocycles. The van der Waals surface area contributed by atoms with E-state index in [1.165, 1.54) is 141 Å². The zero-order valence-electron chi connectivity index (χ0n) is 22.6. The molecule has 0 aliphatic heterocycles. The topological polar surface area (TPSA) is 19.7 Å². The van der Waals surface area contributed by atoms with Crippen molar-refractivity contribution in [3.05, 3.63) is 18.2 Å². The number of nitrogens with one attached hydrogen (secondary N) is 1. The Morgan fingerprint density at radius 2 is 1.00 bits per heavy atom. The fourth-order valence-electron chi connectivity index (χ4n) is 5.19. The monoisotopic (exact) mass is 447 g/mol. The lowest BCUT2D eigenvalue weighted by Crippen LogP contribution is -2.41. The summed E-state index contributed by atoms with van der Waals surface area (Å²) < 4.78 is 2.59. The maximum absolute atomic E-state index is 3.68. The summed E-state index contributed by atoms with van der Waals surface area (Å²) in [6.07, 6.45) is 33.9. The van der Waals surface area contributed by atoms with Gasteiger partial charge in [-0.2, -0.15) is 0 Å². The van der Waals surface area contributed by atoms with Crippen molar-refractivity contribution in [2.45, 2.75) is 174 Å². The molecule has 1 aromatic rings. The van der Waals surface area contributed by atoms with Crippen molar-refractivity contribution in [1.82, 2.24) is 4.98 Å². The first kappa shape index (κ1) is 29.2. The van der Waals surface area contributed by atoms with Crippen molar-refractivity contribution in [2.24, 2.45) is 0 Å². The molecule has 1 heterocycles. The van der Waals surface area contributed by atoms with E-state index in [0.29, 0.717) is 12.0 Å². The molecule has 0 saturated heterocycles. The molecule has 0 amide bonds. The fraction of sp³-hybridized carbons (Fsp3) is 0.900. The maximum Gasteiger partial charge on any atom is 0.257 e. The van der Waals surface area contributed by atoms with Gasteiger partial charge in [0.1, 0.15) is 12.4 Å². The zero-order chi connectivity index (χ0) is 23.3. The van der Waals surface area contributed by atoms with Gasteiger partial charge in [-0.05, 0) is 32.6 Å². The van der Waals surface area contributed by atoms with Crippen LogP contribution in [0, 0.1) is 0 Å². The molecule has 2 unspecified atom stereocenters. The van der Waals surface area contributed by atoms with Crippen LogP contribution in [0.1, 0.15) is 180 Å². The van der Waals surface area contributed by atoms with Gasteiger partial charge in [0.05, 0.1) is 12.0 Å². The molecule has 188 valence electrons. The van der Waals surface area contributed by atoms with Gasteiger partial charge in [-0.25, -0.2) is 9.55 Å². The molecular weight excluding hydrogens is 388 g/mol. The fourth-order valence-corrected chi connectivity index (χ4v) is 5.19. The molecule has 0 aliphatic carbocycles. The van der Waals surface area contributed by atoms with E-state index in [1.807, 2.05) is 0 Å². The van der Waals surface area contributed by atoms with Gasteiger partial charge in [0.25, 0.3) is 5.82 Å². The largest absolute Gasteiger partial charge is 0.257 e. The van der Waals surface area contributed by atoms with Gasteiger partial charge >= 0.3 is 0 Å². The quantitative estimate of drug-likeness (QED) is 0.127. The molecule has 2 heteroatoms. The molecular formula is C30H59N2+. The van der Waals surface area contributed by atoms with E-state index < -0.39 is 0 Å². The lowest BCUT2D eigenvalue weighted by molar-refractivity contribution is -0.727. The number of aromatic amines is 1. The third-order valence-corrected chi connectivity index (χ3v) is 7.39. The molecule has 2 atom stereocenters. The Morgan fingerprint density at radius 3 is 1.50 bits per heavy atom. The summed E-state index contributed by atoms with van der Waals surface area (Å²) in [7, 11) is 0. The molecule has 0 fully saturated rings.